The first kappa shape index (κ1) is 19.2. The predicted molar refractivity (Wildman–Crippen MR) is 96.3 cm³/mol. The monoisotopic (exact) mass is 372 g/mol. The van der Waals surface area contributed by atoms with Crippen LogP contribution < -0.4 is 5.32 Å². The van der Waals surface area contributed by atoms with E-state index < -0.39 is 10.0 Å². The SMILES string of the molecule is CS(=O)(=O)N(CC(=O)NCc1ccc(Cl)cc1)C1CCCCCC1. The molecule has 1 aromatic carbocycles. The van der Waals surface area contributed by atoms with Crippen LogP contribution in [0, 0.1) is 0 Å². The van der Waals surface area contributed by atoms with E-state index in [9.17, 15) is 13.2 Å². The van der Waals surface area contributed by atoms with Crippen LogP contribution in [0.25, 0.3) is 0 Å². The number of rotatable bonds is 6. The summed E-state index contributed by atoms with van der Waals surface area (Å²) >= 11 is 5.83. The van der Waals surface area contributed by atoms with Crippen LogP contribution in [0.15, 0.2) is 24.3 Å². The lowest BCUT2D eigenvalue weighted by Crippen LogP contribution is -2.45. The van der Waals surface area contributed by atoms with Gasteiger partial charge in [0.05, 0.1) is 12.8 Å². The quantitative estimate of drug-likeness (QED) is 0.780. The van der Waals surface area contributed by atoms with Crippen LogP contribution in [0.4, 0.5) is 0 Å². The highest BCUT2D eigenvalue weighted by atomic mass is 35.5. The highest BCUT2D eigenvalue weighted by Gasteiger charge is 2.29. The van der Waals surface area contributed by atoms with E-state index in [1.807, 2.05) is 12.1 Å². The van der Waals surface area contributed by atoms with Crippen molar-refractivity contribution in [3.63, 3.8) is 0 Å². The van der Waals surface area contributed by atoms with Gasteiger partial charge in [0, 0.05) is 17.6 Å². The van der Waals surface area contributed by atoms with Crippen LogP contribution in [0.2, 0.25) is 5.02 Å². The molecule has 0 bridgehead atoms. The number of sulfonamides is 1. The van der Waals surface area contributed by atoms with Gasteiger partial charge in [-0.15, -0.1) is 0 Å². The van der Waals surface area contributed by atoms with Crippen molar-refractivity contribution >= 4 is 27.5 Å². The maximum Gasteiger partial charge on any atom is 0.235 e. The van der Waals surface area contributed by atoms with Crippen molar-refractivity contribution in [1.82, 2.24) is 9.62 Å². The molecule has 1 N–H and O–H groups in total. The number of hydrogen-bond acceptors (Lipinski definition) is 3. The first-order valence-corrected chi connectivity index (χ1v) is 10.6. The Morgan fingerprint density at radius 2 is 1.75 bits per heavy atom. The van der Waals surface area contributed by atoms with Crippen molar-refractivity contribution in [3.05, 3.63) is 34.9 Å². The lowest BCUT2D eigenvalue weighted by atomic mass is 10.1. The van der Waals surface area contributed by atoms with E-state index in [0.29, 0.717) is 11.6 Å². The fraction of sp³-hybridized carbons (Fsp3) is 0.588. The van der Waals surface area contributed by atoms with Gasteiger partial charge in [-0.3, -0.25) is 4.79 Å². The van der Waals surface area contributed by atoms with Gasteiger partial charge in [-0.1, -0.05) is 49.4 Å². The van der Waals surface area contributed by atoms with E-state index in [0.717, 1.165) is 44.1 Å². The molecule has 1 aromatic rings. The third-order valence-electron chi connectivity index (χ3n) is 4.36. The Morgan fingerprint density at radius 3 is 2.29 bits per heavy atom. The maximum atomic E-state index is 12.2. The number of amides is 1. The van der Waals surface area contributed by atoms with Crippen molar-refractivity contribution in [2.24, 2.45) is 0 Å². The van der Waals surface area contributed by atoms with Gasteiger partial charge >= 0.3 is 0 Å². The number of hydrogen-bond donors (Lipinski definition) is 1. The fourth-order valence-corrected chi connectivity index (χ4v) is 4.29. The van der Waals surface area contributed by atoms with Gasteiger partial charge in [0.15, 0.2) is 0 Å². The van der Waals surface area contributed by atoms with E-state index in [4.69, 9.17) is 11.6 Å². The van der Waals surface area contributed by atoms with Crippen LogP contribution in [0.5, 0.6) is 0 Å². The molecular formula is C17H25ClN2O3S. The van der Waals surface area contributed by atoms with Gasteiger partial charge in [-0.25, -0.2) is 8.42 Å². The minimum absolute atomic E-state index is 0.0659. The Morgan fingerprint density at radius 1 is 1.17 bits per heavy atom. The molecule has 5 nitrogen and oxygen atoms in total. The lowest BCUT2D eigenvalue weighted by Gasteiger charge is -2.28. The Kier molecular flexibility index (Phi) is 7.07. The van der Waals surface area contributed by atoms with Crippen LogP contribution in [0.3, 0.4) is 0 Å². The minimum atomic E-state index is -3.41. The highest BCUT2D eigenvalue weighted by molar-refractivity contribution is 7.88. The van der Waals surface area contributed by atoms with Crippen LogP contribution in [-0.2, 0) is 21.4 Å². The second-order valence-corrected chi connectivity index (χ2v) is 8.73. The number of halogens is 1. The van der Waals surface area contributed by atoms with Gasteiger partial charge in [0.2, 0.25) is 15.9 Å². The molecule has 0 heterocycles. The van der Waals surface area contributed by atoms with Crippen LogP contribution in [-0.4, -0.2) is 37.5 Å². The van der Waals surface area contributed by atoms with E-state index in [-0.39, 0.29) is 18.5 Å². The predicted octanol–water partition coefficient (Wildman–Crippen LogP) is 2.94. The Labute approximate surface area is 149 Å². The molecule has 7 heteroatoms. The molecule has 2 rings (SSSR count). The summed E-state index contributed by atoms with van der Waals surface area (Å²) in [7, 11) is -3.41. The van der Waals surface area contributed by atoms with Crippen molar-refractivity contribution in [3.8, 4) is 0 Å². The van der Waals surface area contributed by atoms with Crippen molar-refractivity contribution in [2.45, 2.75) is 51.1 Å². The molecule has 134 valence electrons. The molecule has 24 heavy (non-hydrogen) atoms. The molecule has 0 unspecified atom stereocenters. The van der Waals surface area contributed by atoms with E-state index in [1.165, 1.54) is 10.6 Å². The zero-order valence-corrected chi connectivity index (χ0v) is 15.6. The van der Waals surface area contributed by atoms with E-state index in [2.05, 4.69) is 5.32 Å². The summed E-state index contributed by atoms with van der Waals surface area (Å²) in [5.74, 6) is -0.278. The third kappa shape index (κ3) is 6.07. The summed E-state index contributed by atoms with van der Waals surface area (Å²) in [5, 5.41) is 3.43. The second-order valence-electron chi connectivity index (χ2n) is 6.36. The lowest BCUT2D eigenvalue weighted by molar-refractivity contribution is -0.121. The van der Waals surface area contributed by atoms with Crippen LogP contribution in [0.1, 0.15) is 44.1 Å². The number of benzene rings is 1. The molecule has 1 amide bonds. The largest absolute Gasteiger partial charge is 0.351 e. The number of nitrogens with one attached hydrogen (secondary N) is 1. The molecule has 1 aliphatic carbocycles. The molecule has 1 aliphatic rings. The third-order valence-corrected chi connectivity index (χ3v) is 5.89. The molecule has 0 atom stereocenters. The van der Waals surface area contributed by atoms with Gasteiger partial charge in [-0.2, -0.15) is 4.31 Å². The number of nitrogens with zero attached hydrogens (tertiary/aromatic N) is 1. The molecular weight excluding hydrogens is 348 g/mol. The van der Waals surface area contributed by atoms with Crippen LogP contribution >= 0.6 is 11.6 Å². The molecule has 1 saturated carbocycles. The Bertz CT molecular complexity index is 638. The topological polar surface area (TPSA) is 66.5 Å². The molecule has 0 radical (unpaired) electrons. The molecule has 0 aromatic heterocycles. The average molecular weight is 373 g/mol. The molecule has 1 fully saturated rings. The fourth-order valence-electron chi connectivity index (χ4n) is 3.06. The van der Waals surface area contributed by atoms with Gasteiger partial charge in [0.1, 0.15) is 0 Å². The first-order chi connectivity index (χ1) is 11.4. The number of carbonyl (C=O) groups is 1. The van der Waals surface area contributed by atoms with Crippen molar-refractivity contribution in [1.29, 1.82) is 0 Å². The smallest absolute Gasteiger partial charge is 0.235 e. The summed E-state index contributed by atoms with van der Waals surface area (Å²) < 4.78 is 25.6. The van der Waals surface area contributed by atoms with Crippen molar-refractivity contribution < 1.29 is 13.2 Å². The highest BCUT2D eigenvalue weighted by Crippen LogP contribution is 2.23. The standard InChI is InChI=1S/C17H25ClN2O3S/c1-24(22,23)20(16-6-4-2-3-5-7-16)13-17(21)19-12-14-8-10-15(18)11-9-14/h8-11,16H,2-7,12-13H2,1H3,(H,19,21). The normalized spacial score (nSPS) is 16.8. The summed E-state index contributed by atoms with van der Waals surface area (Å²) in [4.78, 5) is 12.2. The number of carbonyl (C=O) groups excluding carboxylic acids is 1. The van der Waals surface area contributed by atoms with Gasteiger partial charge < -0.3 is 5.32 Å². The summed E-state index contributed by atoms with van der Waals surface area (Å²) in [6, 6.07) is 7.13. The van der Waals surface area contributed by atoms with E-state index in [1.54, 1.807) is 12.1 Å². The Balaban J connectivity index is 1.95. The zero-order chi connectivity index (χ0) is 17.6. The first-order valence-electron chi connectivity index (χ1n) is 8.34. The van der Waals surface area contributed by atoms with Crippen molar-refractivity contribution in [2.75, 3.05) is 12.8 Å². The average Bonchev–Trinajstić information content (AvgIpc) is 2.80. The van der Waals surface area contributed by atoms with Gasteiger partial charge in [-0.05, 0) is 30.5 Å². The molecule has 0 saturated heterocycles. The molecule has 0 spiro atoms. The van der Waals surface area contributed by atoms with Gasteiger partial charge in [0.25, 0.3) is 0 Å². The molecule has 0 aliphatic heterocycles. The van der Waals surface area contributed by atoms with E-state index >= 15 is 0 Å². The maximum absolute atomic E-state index is 12.2. The zero-order valence-electron chi connectivity index (χ0n) is 14.0. The Hall–Kier alpha value is -1.11. The summed E-state index contributed by atoms with van der Waals surface area (Å²) in [6.45, 7) is 0.245. The second kappa shape index (κ2) is 8.83. The summed E-state index contributed by atoms with van der Waals surface area (Å²) in [6.07, 6.45) is 7.15. The minimum Gasteiger partial charge on any atom is -0.351 e. The summed E-state index contributed by atoms with van der Waals surface area (Å²) in [5.41, 5.74) is 0.924.